The number of nitrogens with one attached hydrogen (secondary N) is 2. The molecule has 12 heteroatoms. The van der Waals surface area contributed by atoms with Gasteiger partial charge in [0.15, 0.2) is 5.96 Å². The average Bonchev–Trinajstić information content (AvgIpc) is 2.77. The summed E-state index contributed by atoms with van der Waals surface area (Å²) in [6, 6.07) is 1.80. The van der Waals surface area contributed by atoms with E-state index in [1.165, 1.54) is 0 Å². The summed E-state index contributed by atoms with van der Waals surface area (Å²) in [7, 11) is -1.64. The fourth-order valence-electron chi connectivity index (χ4n) is 3.46. The summed E-state index contributed by atoms with van der Waals surface area (Å²) in [4.78, 5) is 17.1. The van der Waals surface area contributed by atoms with Crippen molar-refractivity contribution in [3.8, 4) is 0 Å². The first-order valence-electron chi connectivity index (χ1n) is 10.1. The molecule has 1 unspecified atom stereocenters. The second-order valence-corrected chi connectivity index (χ2v) is 9.08. The molecule has 1 aromatic rings. The molecule has 1 atom stereocenters. The number of anilines is 1. The summed E-state index contributed by atoms with van der Waals surface area (Å²) in [6.07, 6.45) is 6.53. The van der Waals surface area contributed by atoms with Crippen LogP contribution < -0.4 is 14.9 Å². The van der Waals surface area contributed by atoms with Crippen molar-refractivity contribution in [2.45, 2.75) is 25.4 Å². The maximum absolute atomic E-state index is 12.2. The van der Waals surface area contributed by atoms with Gasteiger partial charge in [0.25, 0.3) is 0 Å². The zero-order valence-electron chi connectivity index (χ0n) is 17.4. The number of rotatable bonds is 7. The Morgan fingerprint density at radius 3 is 2.60 bits per heavy atom. The molecule has 1 aromatic heterocycles. The molecule has 3 heterocycles. The van der Waals surface area contributed by atoms with Crippen molar-refractivity contribution in [1.82, 2.24) is 24.9 Å². The van der Waals surface area contributed by atoms with E-state index in [1.807, 2.05) is 0 Å². The van der Waals surface area contributed by atoms with E-state index in [4.69, 9.17) is 4.74 Å². The molecule has 170 valence electrons. The van der Waals surface area contributed by atoms with Gasteiger partial charge in [0, 0.05) is 65.3 Å². The van der Waals surface area contributed by atoms with Crippen LogP contribution in [-0.2, 0) is 14.8 Å². The summed E-state index contributed by atoms with van der Waals surface area (Å²) in [5.74, 6) is 1.44. The van der Waals surface area contributed by atoms with Crippen molar-refractivity contribution in [3.05, 3.63) is 18.5 Å². The molecule has 10 nitrogen and oxygen atoms in total. The molecule has 0 spiro atoms. The smallest absolute Gasteiger partial charge is 0.225 e. The Morgan fingerprint density at radius 2 is 1.97 bits per heavy atom. The van der Waals surface area contributed by atoms with Crippen molar-refractivity contribution in [2.24, 2.45) is 4.99 Å². The standard InChI is InChI=1S/C18H31N7O3S.HI/c1-19-17(24-9-11-25(12-10-24)18-20-6-4-7-21-18)22-8-14-29(26,27)23-15-16-5-2-3-13-28-16;/h4,6-7,16,23H,2-3,5,8-15H2,1H3,(H,19,22);1H. The Balaban J connectivity index is 0.00000320. The Bertz CT molecular complexity index is 752. The molecule has 0 radical (unpaired) electrons. The molecule has 2 saturated heterocycles. The molecule has 0 amide bonds. The van der Waals surface area contributed by atoms with Crippen LogP contribution in [0.15, 0.2) is 23.5 Å². The van der Waals surface area contributed by atoms with Crippen molar-refractivity contribution in [3.63, 3.8) is 0 Å². The maximum Gasteiger partial charge on any atom is 0.225 e. The first-order valence-corrected chi connectivity index (χ1v) is 11.8. The highest BCUT2D eigenvalue weighted by molar-refractivity contribution is 14.0. The van der Waals surface area contributed by atoms with Gasteiger partial charge in [-0.1, -0.05) is 0 Å². The van der Waals surface area contributed by atoms with E-state index in [0.717, 1.165) is 51.4 Å². The number of aliphatic imine (C=N–C) groups is 1. The van der Waals surface area contributed by atoms with Gasteiger partial charge in [-0.25, -0.2) is 23.1 Å². The third kappa shape index (κ3) is 7.78. The van der Waals surface area contributed by atoms with E-state index in [0.29, 0.717) is 25.7 Å². The largest absolute Gasteiger partial charge is 0.377 e. The Labute approximate surface area is 196 Å². The Kier molecular flexibility index (Phi) is 10.5. The second kappa shape index (κ2) is 12.6. The van der Waals surface area contributed by atoms with Crippen LogP contribution in [0.4, 0.5) is 5.95 Å². The van der Waals surface area contributed by atoms with E-state index in [1.54, 1.807) is 25.5 Å². The molecule has 2 N–H and O–H groups in total. The van der Waals surface area contributed by atoms with E-state index in [-0.39, 0.29) is 35.8 Å². The number of sulfonamides is 1. The van der Waals surface area contributed by atoms with Crippen molar-refractivity contribution >= 4 is 45.9 Å². The van der Waals surface area contributed by atoms with Gasteiger partial charge in [0.1, 0.15) is 0 Å². The predicted octanol–water partition coefficient (Wildman–Crippen LogP) is 0.281. The molecule has 0 saturated carbocycles. The number of aromatic nitrogens is 2. The minimum atomic E-state index is -3.35. The van der Waals surface area contributed by atoms with Crippen molar-refractivity contribution in [1.29, 1.82) is 0 Å². The van der Waals surface area contributed by atoms with Crippen LogP contribution in [0, 0.1) is 0 Å². The molecule has 0 bridgehead atoms. The summed E-state index contributed by atoms with van der Waals surface area (Å²) < 4.78 is 32.7. The second-order valence-electron chi connectivity index (χ2n) is 7.15. The first-order chi connectivity index (χ1) is 14.1. The first kappa shape index (κ1) is 25.0. The van der Waals surface area contributed by atoms with Crippen LogP contribution in [0.3, 0.4) is 0 Å². The summed E-state index contributed by atoms with van der Waals surface area (Å²) in [5.41, 5.74) is 0. The zero-order chi connectivity index (χ0) is 20.5. The minimum absolute atomic E-state index is 0. The fraction of sp³-hybridized carbons (Fsp3) is 0.722. The van der Waals surface area contributed by atoms with Crippen LogP contribution in [0.1, 0.15) is 19.3 Å². The number of ether oxygens (including phenoxy) is 1. The topological polar surface area (TPSA) is 112 Å². The SMILES string of the molecule is CN=C(NCCS(=O)(=O)NCC1CCCCO1)N1CCN(c2ncccn2)CC1.I. The van der Waals surface area contributed by atoms with Gasteiger partial charge in [-0.05, 0) is 25.3 Å². The van der Waals surface area contributed by atoms with Crippen LogP contribution in [0.25, 0.3) is 0 Å². The number of guanidine groups is 1. The highest BCUT2D eigenvalue weighted by atomic mass is 127. The molecule has 0 aliphatic carbocycles. The third-order valence-corrected chi connectivity index (χ3v) is 6.43. The molecule has 3 rings (SSSR count). The molecule has 30 heavy (non-hydrogen) atoms. The molecule has 2 fully saturated rings. The molecular weight excluding hydrogens is 521 g/mol. The van der Waals surface area contributed by atoms with Gasteiger partial charge in [-0.15, -0.1) is 24.0 Å². The molecule has 2 aliphatic heterocycles. The predicted molar refractivity (Wildman–Crippen MR) is 128 cm³/mol. The normalized spacial score (nSPS) is 20.6. The summed E-state index contributed by atoms with van der Waals surface area (Å²) in [5, 5.41) is 3.16. The lowest BCUT2D eigenvalue weighted by Crippen LogP contribution is -2.53. The van der Waals surface area contributed by atoms with Gasteiger partial charge in [-0.3, -0.25) is 4.99 Å². The molecule has 0 aromatic carbocycles. The Morgan fingerprint density at radius 1 is 1.23 bits per heavy atom. The van der Waals surface area contributed by atoms with Crippen molar-refractivity contribution < 1.29 is 13.2 Å². The molecule has 2 aliphatic rings. The number of piperazine rings is 1. The van der Waals surface area contributed by atoms with Crippen LogP contribution in [0.5, 0.6) is 0 Å². The van der Waals surface area contributed by atoms with Gasteiger partial charge < -0.3 is 19.9 Å². The zero-order valence-corrected chi connectivity index (χ0v) is 20.5. The van der Waals surface area contributed by atoms with E-state index in [2.05, 4.69) is 34.8 Å². The van der Waals surface area contributed by atoms with Crippen LogP contribution in [-0.4, -0.2) is 94.0 Å². The van der Waals surface area contributed by atoms with Gasteiger partial charge in [-0.2, -0.15) is 0 Å². The Hall–Kier alpha value is -1.25. The lowest BCUT2D eigenvalue weighted by atomic mass is 10.1. The summed E-state index contributed by atoms with van der Waals surface area (Å²) >= 11 is 0. The fourth-order valence-corrected chi connectivity index (χ4v) is 4.42. The number of halogens is 1. The number of nitrogens with zero attached hydrogens (tertiary/aromatic N) is 5. The number of hydrogen-bond donors (Lipinski definition) is 2. The summed E-state index contributed by atoms with van der Waals surface area (Å²) in [6.45, 7) is 4.46. The van der Waals surface area contributed by atoms with Gasteiger partial charge in [0.05, 0.1) is 11.9 Å². The average molecular weight is 553 g/mol. The monoisotopic (exact) mass is 553 g/mol. The third-order valence-electron chi connectivity index (χ3n) is 5.08. The molecular formula is C18H32IN7O3S. The van der Waals surface area contributed by atoms with E-state index < -0.39 is 10.0 Å². The van der Waals surface area contributed by atoms with Crippen molar-refractivity contribution in [2.75, 3.05) is 63.6 Å². The lowest BCUT2D eigenvalue weighted by Gasteiger charge is -2.36. The number of hydrogen-bond acceptors (Lipinski definition) is 7. The van der Waals surface area contributed by atoms with E-state index >= 15 is 0 Å². The lowest BCUT2D eigenvalue weighted by molar-refractivity contribution is 0.0200. The minimum Gasteiger partial charge on any atom is -0.377 e. The van der Waals surface area contributed by atoms with Crippen LogP contribution in [0.2, 0.25) is 0 Å². The van der Waals surface area contributed by atoms with Gasteiger partial charge in [0.2, 0.25) is 16.0 Å². The highest BCUT2D eigenvalue weighted by Gasteiger charge is 2.22. The quantitative estimate of drug-likeness (QED) is 0.282. The maximum atomic E-state index is 12.2. The van der Waals surface area contributed by atoms with Crippen LogP contribution >= 0.6 is 24.0 Å². The highest BCUT2D eigenvalue weighted by Crippen LogP contribution is 2.12. The van der Waals surface area contributed by atoms with E-state index in [9.17, 15) is 8.42 Å². The van der Waals surface area contributed by atoms with Gasteiger partial charge >= 0.3 is 0 Å².